The van der Waals surface area contributed by atoms with Crippen LogP contribution in [0.5, 0.6) is 0 Å². The molecule has 0 radical (unpaired) electrons. The van der Waals surface area contributed by atoms with Gasteiger partial charge in [-0.25, -0.2) is 0 Å². The van der Waals surface area contributed by atoms with Crippen molar-refractivity contribution in [2.75, 3.05) is 13.1 Å². The summed E-state index contributed by atoms with van der Waals surface area (Å²) in [6.45, 7) is 3.69. The molecule has 1 fully saturated rings. The van der Waals surface area contributed by atoms with E-state index in [4.69, 9.17) is 5.26 Å². The molecule has 1 unspecified atom stereocenters. The fourth-order valence-corrected chi connectivity index (χ4v) is 3.33. The van der Waals surface area contributed by atoms with Gasteiger partial charge in [-0.1, -0.05) is 36.4 Å². The second kappa shape index (κ2) is 6.66. The predicted octanol–water partition coefficient (Wildman–Crippen LogP) is 3.69. The van der Waals surface area contributed by atoms with E-state index in [1.165, 1.54) is 11.1 Å². The number of hydrogen-bond donors (Lipinski definition) is 0. The molecule has 1 amide bonds. The first-order valence-corrected chi connectivity index (χ1v) is 7.99. The Morgan fingerprint density at radius 3 is 2.87 bits per heavy atom. The average Bonchev–Trinajstić information content (AvgIpc) is 3.05. The Hall–Kier alpha value is -2.60. The summed E-state index contributed by atoms with van der Waals surface area (Å²) in [5.74, 6) is 0.489. The van der Waals surface area contributed by atoms with Gasteiger partial charge in [-0.2, -0.15) is 5.26 Å². The molecular weight excluding hydrogens is 284 g/mol. The lowest BCUT2D eigenvalue weighted by Gasteiger charge is -2.18. The molecule has 0 saturated carbocycles. The van der Waals surface area contributed by atoms with Gasteiger partial charge in [0.05, 0.1) is 12.5 Å². The number of rotatable bonds is 3. The molecule has 1 aliphatic heterocycles. The maximum Gasteiger partial charge on any atom is 0.253 e. The van der Waals surface area contributed by atoms with Crippen LogP contribution in [-0.4, -0.2) is 23.9 Å². The summed E-state index contributed by atoms with van der Waals surface area (Å²) in [7, 11) is 0. The van der Waals surface area contributed by atoms with Gasteiger partial charge in [-0.3, -0.25) is 4.79 Å². The van der Waals surface area contributed by atoms with Crippen molar-refractivity contribution in [3.05, 3.63) is 70.8 Å². The molecule has 23 heavy (non-hydrogen) atoms. The number of carbonyl (C=O) groups is 1. The molecular formula is C20H20N2O. The molecule has 3 nitrogen and oxygen atoms in total. The topological polar surface area (TPSA) is 44.1 Å². The van der Waals surface area contributed by atoms with Crippen LogP contribution in [0, 0.1) is 18.3 Å². The lowest BCUT2D eigenvalue weighted by Crippen LogP contribution is -2.28. The van der Waals surface area contributed by atoms with Crippen molar-refractivity contribution in [3.63, 3.8) is 0 Å². The molecule has 3 rings (SSSR count). The molecule has 2 aromatic carbocycles. The molecule has 1 atom stereocenters. The highest BCUT2D eigenvalue weighted by Gasteiger charge is 2.28. The highest BCUT2D eigenvalue weighted by molar-refractivity contribution is 5.94. The molecule has 3 heteroatoms. The Balaban J connectivity index is 1.74. The number of carbonyl (C=O) groups excluding carboxylic acids is 1. The highest BCUT2D eigenvalue weighted by Crippen LogP contribution is 2.30. The Kier molecular flexibility index (Phi) is 4.43. The molecule has 116 valence electrons. The Morgan fingerprint density at radius 2 is 2.09 bits per heavy atom. The molecule has 0 aliphatic carbocycles. The van der Waals surface area contributed by atoms with E-state index in [0.717, 1.165) is 25.1 Å². The van der Waals surface area contributed by atoms with Gasteiger partial charge in [0.1, 0.15) is 0 Å². The van der Waals surface area contributed by atoms with E-state index < -0.39 is 0 Å². The first-order chi connectivity index (χ1) is 11.2. The van der Waals surface area contributed by atoms with Gasteiger partial charge < -0.3 is 4.90 Å². The van der Waals surface area contributed by atoms with Gasteiger partial charge in [-0.15, -0.1) is 0 Å². The van der Waals surface area contributed by atoms with E-state index in [9.17, 15) is 4.79 Å². The Morgan fingerprint density at radius 1 is 1.26 bits per heavy atom. The number of amides is 1. The minimum atomic E-state index is 0.0703. The van der Waals surface area contributed by atoms with Gasteiger partial charge in [0, 0.05) is 24.6 Å². The van der Waals surface area contributed by atoms with Gasteiger partial charge >= 0.3 is 0 Å². The van der Waals surface area contributed by atoms with Crippen LogP contribution in [0.1, 0.15) is 39.4 Å². The van der Waals surface area contributed by atoms with Gasteiger partial charge in [0.15, 0.2) is 0 Å². The molecule has 0 N–H and O–H groups in total. The van der Waals surface area contributed by atoms with Crippen LogP contribution in [0.4, 0.5) is 0 Å². The van der Waals surface area contributed by atoms with Gasteiger partial charge in [-0.05, 0) is 42.2 Å². The van der Waals surface area contributed by atoms with E-state index in [-0.39, 0.29) is 5.91 Å². The second-order valence-electron chi connectivity index (χ2n) is 6.13. The summed E-state index contributed by atoms with van der Waals surface area (Å²) in [6.07, 6.45) is 1.35. The number of nitriles is 1. The van der Waals surface area contributed by atoms with Crippen molar-refractivity contribution in [1.82, 2.24) is 4.90 Å². The maximum atomic E-state index is 12.7. The lowest BCUT2D eigenvalue weighted by atomic mass is 9.94. The first-order valence-electron chi connectivity index (χ1n) is 7.99. The number of hydrogen-bond acceptors (Lipinski definition) is 2. The smallest absolute Gasteiger partial charge is 0.253 e. The molecule has 2 aromatic rings. The van der Waals surface area contributed by atoms with Crippen molar-refractivity contribution < 1.29 is 4.79 Å². The third kappa shape index (κ3) is 3.27. The summed E-state index contributed by atoms with van der Waals surface area (Å²) in [5, 5.41) is 8.80. The van der Waals surface area contributed by atoms with E-state index in [1.807, 2.05) is 29.2 Å². The van der Waals surface area contributed by atoms with Crippen LogP contribution < -0.4 is 0 Å². The van der Waals surface area contributed by atoms with E-state index in [1.54, 1.807) is 0 Å². The second-order valence-corrected chi connectivity index (χ2v) is 6.13. The minimum Gasteiger partial charge on any atom is -0.338 e. The van der Waals surface area contributed by atoms with Crippen molar-refractivity contribution in [1.29, 1.82) is 5.26 Å². The predicted molar refractivity (Wildman–Crippen MR) is 90.2 cm³/mol. The zero-order chi connectivity index (χ0) is 16.2. The van der Waals surface area contributed by atoms with Gasteiger partial charge in [0.2, 0.25) is 0 Å². The van der Waals surface area contributed by atoms with Crippen LogP contribution in [-0.2, 0) is 6.42 Å². The zero-order valence-electron chi connectivity index (χ0n) is 13.3. The van der Waals surface area contributed by atoms with Crippen molar-refractivity contribution >= 4 is 5.91 Å². The molecule has 0 spiro atoms. The van der Waals surface area contributed by atoms with Crippen LogP contribution >= 0.6 is 0 Å². The summed E-state index contributed by atoms with van der Waals surface area (Å²) >= 11 is 0. The summed E-state index contributed by atoms with van der Waals surface area (Å²) in [5.41, 5.74) is 4.22. The fourth-order valence-electron chi connectivity index (χ4n) is 3.33. The van der Waals surface area contributed by atoms with Crippen LogP contribution in [0.15, 0.2) is 48.5 Å². The summed E-state index contributed by atoms with van der Waals surface area (Å²) < 4.78 is 0. The van der Waals surface area contributed by atoms with Crippen LogP contribution in [0.3, 0.4) is 0 Å². The minimum absolute atomic E-state index is 0.0703. The third-order valence-corrected chi connectivity index (χ3v) is 4.56. The van der Waals surface area contributed by atoms with E-state index in [0.29, 0.717) is 17.9 Å². The largest absolute Gasteiger partial charge is 0.338 e. The number of nitrogens with zero attached hydrogens (tertiary/aromatic N) is 2. The van der Waals surface area contributed by atoms with E-state index in [2.05, 4.69) is 37.3 Å². The summed E-state index contributed by atoms with van der Waals surface area (Å²) in [4.78, 5) is 14.6. The Labute approximate surface area is 137 Å². The number of aryl methyl sites for hydroxylation is 1. The third-order valence-electron chi connectivity index (χ3n) is 4.56. The zero-order valence-corrected chi connectivity index (χ0v) is 13.3. The van der Waals surface area contributed by atoms with Crippen molar-refractivity contribution in [2.45, 2.75) is 25.7 Å². The van der Waals surface area contributed by atoms with Crippen LogP contribution in [0.2, 0.25) is 0 Å². The normalized spacial score (nSPS) is 17.0. The average molecular weight is 304 g/mol. The lowest BCUT2D eigenvalue weighted by molar-refractivity contribution is 0.0790. The standard InChI is InChI=1S/C20H20N2O/c1-15-5-2-3-8-19(15)18-10-12-22(14-18)20(23)17-7-4-6-16(13-17)9-11-21/h2-8,13,18H,9-10,12,14H2,1H3. The SMILES string of the molecule is Cc1ccccc1C1CCN(C(=O)c2cccc(CC#N)c2)C1. The molecule has 1 heterocycles. The summed E-state index contributed by atoms with van der Waals surface area (Å²) in [6, 6.07) is 18.0. The quantitative estimate of drug-likeness (QED) is 0.868. The molecule has 0 aromatic heterocycles. The Bertz CT molecular complexity index is 760. The fraction of sp³-hybridized carbons (Fsp3) is 0.300. The molecule has 0 bridgehead atoms. The molecule has 1 saturated heterocycles. The molecule has 1 aliphatic rings. The van der Waals surface area contributed by atoms with Crippen molar-refractivity contribution in [2.24, 2.45) is 0 Å². The van der Waals surface area contributed by atoms with Gasteiger partial charge in [0.25, 0.3) is 5.91 Å². The maximum absolute atomic E-state index is 12.7. The van der Waals surface area contributed by atoms with E-state index >= 15 is 0 Å². The first kappa shape index (κ1) is 15.3. The number of likely N-dealkylation sites (tertiary alicyclic amines) is 1. The van der Waals surface area contributed by atoms with Crippen LogP contribution in [0.25, 0.3) is 0 Å². The number of benzene rings is 2. The van der Waals surface area contributed by atoms with Crippen molar-refractivity contribution in [3.8, 4) is 6.07 Å². The monoisotopic (exact) mass is 304 g/mol. The highest BCUT2D eigenvalue weighted by atomic mass is 16.2.